The number of ether oxygens (including phenoxy) is 2. The van der Waals surface area contributed by atoms with Crippen molar-refractivity contribution in [1.82, 2.24) is 4.31 Å². The molecular formula is C16H21NO6S. The summed E-state index contributed by atoms with van der Waals surface area (Å²) in [5.41, 5.74) is 0.815. The molecule has 1 aromatic carbocycles. The van der Waals surface area contributed by atoms with Crippen LogP contribution in [0, 0.1) is 0 Å². The monoisotopic (exact) mass is 355 g/mol. The van der Waals surface area contributed by atoms with Gasteiger partial charge in [0.15, 0.2) is 6.04 Å². The molecule has 1 amide bonds. The third-order valence-corrected chi connectivity index (χ3v) is 5.45. The van der Waals surface area contributed by atoms with Crippen LogP contribution in [0.1, 0.15) is 33.3 Å². The maximum Gasteiger partial charge on any atom is 0.424 e. The van der Waals surface area contributed by atoms with Crippen LogP contribution in [0.4, 0.5) is 4.79 Å². The van der Waals surface area contributed by atoms with Crippen molar-refractivity contribution in [3.63, 3.8) is 0 Å². The summed E-state index contributed by atoms with van der Waals surface area (Å²) in [4.78, 5) is 23.7. The van der Waals surface area contributed by atoms with Gasteiger partial charge in [0, 0.05) is 0 Å². The minimum absolute atomic E-state index is 0.0800. The summed E-state index contributed by atoms with van der Waals surface area (Å²) in [5, 5.41) is 0. The molecule has 0 spiro atoms. The lowest BCUT2D eigenvalue weighted by Crippen LogP contribution is -2.44. The molecule has 1 atom stereocenters. The lowest BCUT2D eigenvalue weighted by Gasteiger charge is -2.22. The zero-order valence-electron chi connectivity index (χ0n) is 14.1. The van der Waals surface area contributed by atoms with E-state index in [9.17, 15) is 18.0 Å². The number of esters is 1. The standard InChI is InChI=1S/C16H21NO6S/c1-5-22-14(18)13-10-23-15(19)17(13)24(20,21)12-8-6-11(7-9-12)16(2,3)4/h6-9,13H,5,10H2,1-4H3/t13-/m0/s1. The first-order chi connectivity index (χ1) is 11.1. The molecule has 1 heterocycles. The molecule has 7 nitrogen and oxygen atoms in total. The second-order valence-corrected chi connectivity index (χ2v) is 8.23. The quantitative estimate of drug-likeness (QED) is 0.768. The van der Waals surface area contributed by atoms with Gasteiger partial charge >= 0.3 is 12.1 Å². The highest BCUT2D eigenvalue weighted by Gasteiger charge is 2.47. The third kappa shape index (κ3) is 3.38. The smallest absolute Gasteiger partial charge is 0.424 e. The van der Waals surface area contributed by atoms with Gasteiger partial charge in [-0.1, -0.05) is 32.9 Å². The molecule has 8 heteroatoms. The number of carbonyl (C=O) groups excluding carboxylic acids is 2. The van der Waals surface area contributed by atoms with Crippen molar-refractivity contribution in [2.24, 2.45) is 0 Å². The summed E-state index contributed by atoms with van der Waals surface area (Å²) >= 11 is 0. The van der Waals surface area contributed by atoms with E-state index in [-0.39, 0.29) is 23.5 Å². The van der Waals surface area contributed by atoms with Crippen LogP contribution >= 0.6 is 0 Å². The van der Waals surface area contributed by atoms with Crippen LogP contribution < -0.4 is 0 Å². The largest absolute Gasteiger partial charge is 0.464 e. The Hall–Kier alpha value is -2.09. The highest BCUT2D eigenvalue weighted by atomic mass is 32.2. The fraction of sp³-hybridized carbons (Fsp3) is 0.500. The fourth-order valence-corrected chi connectivity index (χ4v) is 3.76. The number of hydrogen-bond donors (Lipinski definition) is 0. The maximum absolute atomic E-state index is 12.7. The van der Waals surface area contributed by atoms with Crippen LogP contribution in [0.5, 0.6) is 0 Å². The molecule has 1 fully saturated rings. The molecule has 1 aliphatic rings. The molecule has 1 saturated heterocycles. The number of cyclic esters (lactones) is 1. The van der Waals surface area contributed by atoms with E-state index in [1.54, 1.807) is 19.1 Å². The van der Waals surface area contributed by atoms with E-state index in [1.165, 1.54) is 12.1 Å². The van der Waals surface area contributed by atoms with Crippen molar-refractivity contribution in [1.29, 1.82) is 0 Å². The van der Waals surface area contributed by atoms with Gasteiger partial charge in [-0.05, 0) is 30.0 Å². The predicted molar refractivity (Wildman–Crippen MR) is 85.9 cm³/mol. The van der Waals surface area contributed by atoms with Crippen LogP contribution in [-0.4, -0.2) is 44.0 Å². The molecule has 0 N–H and O–H groups in total. The molecule has 132 valence electrons. The Kier molecular flexibility index (Phi) is 4.89. The summed E-state index contributed by atoms with van der Waals surface area (Å²) in [6.45, 7) is 7.34. The summed E-state index contributed by atoms with van der Waals surface area (Å²) in [6, 6.07) is 4.92. The van der Waals surface area contributed by atoms with Crippen LogP contribution in [0.25, 0.3) is 0 Å². The van der Waals surface area contributed by atoms with Gasteiger partial charge in [0.05, 0.1) is 11.5 Å². The average molecular weight is 355 g/mol. The summed E-state index contributed by atoms with van der Waals surface area (Å²) in [7, 11) is -4.20. The van der Waals surface area contributed by atoms with Gasteiger partial charge in [-0.2, -0.15) is 4.31 Å². The molecule has 1 aromatic rings. The minimum atomic E-state index is -4.20. The minimum Gasteiger partial charge on any atom is -0.464 e. The number of nitrogens with zero attached hydrogens (tertiary/aromatic N) is 1. The van der Waals surface area contributed by atoms with Gasteiger partial charge in [0.25, 0.3) is 10.0 Å². The first kappa shape index (κ1) is 18.3. The Balaban J connectivity index is 2.37. The molecular weight excluding hydrogens is 334 g/mol. The molecule has 2 rings (SSSR count). The molecule has 1 aliphatic heterocycles. The van der Waals surface area contributed by atoms with E-state index in [0.717, 1.165) is 5.56 Å². The summed E-state index contributed by atoms with van der Waals surface area (Å²) in [6.07, 6.45) is -1.08. The topological polar surface area (TPSA) is 90.0 Å². The van der Waals surface area contributed by atoms with Crippen LogP contribution in [0.15, 0.2) is 29.2 Å². The Labute approximate surface area is 141 Å². The van der Waals surface area contributed by atoms with Crippen molar-refractivity contribution in [2.45, 2.75) is 44.0 Å². The molecule has 24 heavy (non-hydrogen) atoms. The first-order valence-corrected chi connectivity index (χ1v) is 9.01. The van der Waals surface area contributed by atoms with E-state index < -0.39 is 28.1 Å². The third-order valence-electron chi connectivity index (χ3n) is 3.66. The highest BCUT2D eigenvalue weighted by Crippen LogP contribution is 2.27. The number of rotatable bonds is 4. The van der Waals surface area contributed by atoms with E-state index in [2.05, 4.69) is 0 Å². The number of hydrogen-bond acceptors (Lipinski definition) is 6. The summed E-state index contributed by atoms with van der Waals surface area (Å²) < 4.78 is 35.5. The predicted octanol–water partition coefficient (Wildman–Crippen LogP) is 2.06. The van der Waals surface area contributed by atoms with Gasteiger partial charge in [0.2, 0.25) is 0 Å². The van der Waals surface area contributed by atoms with Gasteiger partial charge < -0.3 is 9.47 Å². The number of carbonyl (C=O) groups is 2. The Morgan fingerprint density at radius 2 is 1.88 bits per heavy atom. The molecule has 0 saturated carbocycles. The van der Waals surface area contributed by atoms with E-state index in [1.807, 2.05) is 20.8 Å². The Bertz CT molecular complexity index is 733. The van der Waals surface area contributed by atoms with E-state index in [0.29, 0.717) is 4.31 Å². The first-order valence-electron chi connectivity index (χ1n) is 7.57. The molecule has 0 bridgehead atoms. The maximum atomic E-state index is 12.7. The van der Waals surface area contributed by atoms with Crippen molar-refractivity contribution in [3.8, 4) is 0 Å². The average Bonchev–Trinajstić information content (AvgIpc) is 2.89. The van der Waals surface area contributed by atoms with Crippen molar-refractivity contribution in [3.05, 3.63) is 29.8 Å². The number of benzene rings is 1. The van der Waals surface area contributed by atoms with E-state index >= 15 is 0 Å². The van der Waals surface area contributed by atoms with E-state index in [4.69, 9.17) is 9.47 Å². The van der Waals surface area contributed by atoms with Crippen molar-refractivity contribution in [2.75, 3.05) is 13.2 Å². The fourth-order valence-electron chi connectivity index (χ4n) is 2.32. The number of sulfonamides is 1. The highest BCUT2D eigenvalue weighted by molar-refractivity contribution is 7.89. The van der Waals surface area contributed by atoms with Crippen molar-refractivity contribution < 1.29 is 27.5 Å². The molecule has 0 aliphatic carbocycles. The molecule has 0 unspecified atom stereocenters. The van der Waals surface area contributed by atoms with Crippen molar-refractivity contribution >= 4 is 22.1 Å². The van der Waals surface area contributed by atoms with Crippen LogP contribution in [0.2, 0.25) is 0 Å². The molecule has 0 radical (unpaired) electrons. The van der Waals surface area contributed by atoms with Gasteiger partial charge in [0.1, 0.15) is 6.61 Å². The summed E-state index contributed by atoms with van der Waals surface area (Å²) in [5.74, 6) is -0.807. The Morgan fingerprint density at radius 3 is 2.38 bits per heavy atom. The second kappa shape index (κ2) is 6.43. The zero-order chi connectivity index (χ0) is 18.1. The second-order valence-electron chi connectivity index (χ2n) is 6.42. The lowest BCUT2D eigenvalue weighted by atomic mass is 9.87. The lowest BCUT2D eigenvalue weighted by molar-refractivity contribution is -0.146. The van der Waals surface area contributed by atoms with Crippen LogP contribution in [-0.2, 0) is 29.7 Å². The SMILES string of the molecule is CCOC(=O)[C@@H]1COC(=O)N1S(=O)(=O)c1ccc(C(C)(C)C)cc1. The molecule has 0 aromatic heterocycles. The van der Waals surface area contributed by atoms with Gasteiger partial charge in [-0.25, -0.2) is 18.0 Å². The van der Waals surface area contributed by atoms with Gasteiger partial charge in [-0.3, -0.25) is 0 Å². The number of amides is 1. The Morgan fingerprint density at radius 1 is 1.29 bits per heavy atom. The normalized spacial score (nSPS) is 18.4. The zero-order valence-corrected chi connectivity index (χ0v) is 14.9. The van der Waals surface area contributed by atoms with Crippen LogP contribution in [0.3, 0.4) is 0 Å². The van der Waals surface area contributed by atoms with Gasteiger partial charge in [-0.15, -0.1) is 0 Å².